The van der Waals surface area contributed by atoms with E-state index < -0.39 is 17.5 Å². The quantitative estimate of drug-likeness (QED) is 0.415. The van der Waals surface area contributed by atoms with Gasteiger partial charge in [-0.3, -0.25) is 19.8 Å². The number of piperidine rings is 1. The van der Waals surface area contributed by atoms with Crippen molar-refractivity contribution < 1.29 is 13.6 Å². The van der Waals surface area contributed by atoms with Crippen molar-refractivity contribution in [3.8, 4) is 11.1 Å². The van der Waals surface area contributed by atoms with Crippen LogP contribution in [0.3, 0.4) is 0 Å². The summed E-state index contributed by atoms with van der Waals surface area (Å²) in [6.07, 6.45) is 5.07. The normalized spacial score (nSPS) is 14.4. The highest BCUT2D eigenvalue weighted by atomic mass is 19.2. The van der Waals surface area contributed by atoms with Crippen molar-refractivity contribution >= 4 is 22.5 Å². The number of H-pyrrole nitrogens is 1. The van der Waals surface area contributed by atoms with Gasteiger partial charge in [0.05, 0.1) is 5.52 Å². The van der Waals surface area contributed by atoms with Crippen LogP contribution in [0.2, 0.25) is 0 Å². The number of fused-ring (bicyclic) bond motifs is 1. The molecule has 1 aliphatic rings. The molecule has 3 heterocycles. The minimum absolute atomic E-state index is 0.172. The van der Waals surface area contributed by atoms with Gasteiger partial charge >= 0.3 is 0 Å². The second kappa shape index (κ2) is 9.30. The molecule has 1 aliphatic heterocycles. The Morgan fingerprint density at radius 3 is 2.71 bits per heavy atom. The highest BCUT2D eigenvalue weighted by molar-refractivity contribution is 6.11. The molecule has 0 aliphatic carbocycles. The van der Waals surface area contributed by atoms with Crippen LogP contribution in [0.15, 0.2) is 48.7 Å². The number of carbonyl (C=O) groups is 1. The van der Waals surface area contributed by atoms with E-state index in [-0.39, 0.29) is 11.3 Å². The number of carbonyl (C=O) groups excluding carboxylic acids is 1. The molecular formula is C26H25F2N5O. The molecule has 5 rings (SSSR count). The molecule has 2 aromatic heterocycles. The van der Waals surface area contributed by atoms with Crippen molar-refractivity contribution in [3.63, 3.8) is 0 Å². The first kappa shape index (κ1) is 22.2. The number of hydrogen-bond acceptors (Lipinski definition) is 4. The number of pyridine rings is 1. The van der Waals surface area contributed by atoms with Crippen molar-refractivity contribution in [1.29, 1.82) is 0 Å². The fourth-order valence-corrected chi connectivity index (χ4v) is 4.49. The molecule has 0 radical (unpaired) electrons. The summed E-state index contributed by atoms with van der Waals surface area (Å²) in [6, 6.07) is 11.5. The number of rotatable bonds is 5. The van der Waals surface area contributed by atoms with E-state index in [1.807, 2.05) is 6.92 Å². The molecule has 0 spiro atoms. The van der Waals surface area contributed by atoms with Gasteiger partial charge in [-0.25, -0.2) is 8.78 Å². The molecule has 34 heavy (non-hydrogen) atoms. The lowest BCUT2D eigenvalue weighted by atomic mass is 9.99. The summed E-state index contributed by atoms with van der Waals surface area (Å²) in [6.45, 7) is 4.34. The standard InChI is InChI=1S/C26H25F2N5O/c1-16-11-19(7-8-29-16)30-26(34)25-21-14-18(5-6-23(21)31-32-25)20-12-17(13-22(27)24(20)28)15-33-9-3-2-4-10-33/h5-8,11-14H,2-4,9-10,15H2,1H3,(H,31,32)(H,29,30,34). The van der Waals surface area contributed by atoms with Crippen LogP contribution in [-0.4, -0.2) is 39.1 Å². The lowest BCUT2D eigenvalue weighted by Gasteiger charge is -2.26. The van der Waals surface area contributed by atoms with Crippen LogP contribution in [-0.2, 0) is 6.54 Å². The van der Waals surface area contributed by atoms with Gasteiger partial charge in [0.25, 0.3) is 5.91 Å². The molecule has 1 saturated heterocycles. The van der Waals surface area contributed by atoms with Gasteiger partial charge in [-0.15, -0.1) is 0 Å². The molecule has 0 bridgehead atoms. The number of aryl methyl sites for hydroxylation is 1. The first-order valence-corrected chi connectivity index (χ1v) is 11.4. The molecule has 6 nitrogen and oxygen atoms in total. The van der Waals surface area contributed by atoms with Gasteiger partial charge in [0.2, 0.25) is 0 Å². The predicted molar refractivity (Wildman–Crippen MR) is 128 cm³/mol. The smallest absolute Gasteiger partial charge is 0.276 e. The van der Waals surface area contributed by atoms with E-state index >= 15 is 0 Å². The number of amides is 1. The molecule has 0 atom stereocenters. The van der Waals surface area contributed by atoms with E-state index in [1.54, 1.807) is 42.6 Å². The number of aromatic amines is 1. The highest BCUT2D eigenvalue weighted by Crippen LogP contribution is 2.30. The maximum Gasteiger partial charge on any atom is 0.276 e. The number of nitrogens with zero attached hydrogens (tertiary/aromatic N) is 3. The van der Waals surface area contributed by atoms with Crippen LogP contribution < -0.4 is 5.32 Å². The zero-order valence-corrected chi connectivity index (χ0v) is 18.9. The minimum atomic E-state index is -0.900. The molecule has 8 heteroatoms. The average molecular weight is 462 g/mol. The van der Waals surface area contributed by atoms with Crippen LogP contribution in [0, 0.1) is 18.6 Å². The average Bonchev–Trinajstić information content (AvgIpc) is 3.25. The van der Waals surface area contributed by atoms with Gasteiger partial charge in [0, 0.05) is 35.1 Å². The van der Waals surface area contributed by atoms with E-state index in [9.17, 15) is 13.6 Å². The van der Waals surface area contributed by atoms with E-state index in [4.69, 9.17) is 0 Å². The SMILES string of the molecule is Cc1cc(NC(=O)c2n[nH]c3ccc(-c4cc(CN5CCCCC5)cc(F)c4F)cc23)ccn1. The molecule has 1 amide bonds. The van der Waals surface area contributed by atoms with E-state index in [0.29, 0.717) is 28.7 Å². The Morgan fingerprint density at radius 1 is 1.09 bits per heavy atom. The van der Waals surface area contributed by atoms with Gasteiger partial charge in [-0.2, -0.15) is 5.10 Å². The Hall–Kier alpha value is -3.65. The van der Waals surface area contributed by atoms with Crippen molar-refractivity contribution in [2.45, 2.75) is 32.7 Å². The summed E-state index contributed by atoms with van der Waals surface area (Å²) in [5.74, 6) is -2.18. The molecule has 2 N–H and O–H groups in total. The number of anilines is 1. The second-order valence-corrected chi connectivity index (χ2v) is 8.75. The third-order valence-electron chi connectivity index (χ3n) is 6.19. The summed E-state index contributed by atoms with van der Waals surface area (Å²) >= 11 is 0. The summed E-state index contributed by atoms with van der Waals surface area (Å²) in [5, 5.41) is 10.3. The maximum absolute atomic E-state index is 14.9. The third kappa shape index (κ3) is 4.54. The molecule has 174 valence electrons. The van der Waals surface area contributed by atoms with Crippen LogP contribution in [0.4, 0.5) is 14.5 Å². The van der Waals surface area contributed by atoms with Gasteiger partial charge in [-0.1, -0.05) is 12.5 Å². The minimum Gasteiger partial charge on any atom is -0.320 e. The topological polar surface area (TPSA) is 73.9 Å². The highest BCUT2D eigenvalue weighted by Gasteiger charge is 2.19. The number of likely N-dealkylation sites (tertiary alicyclic amines) is 1. The zero-order chi connectivity index (χ0) is 23.7. The number of nitrogens with one attached hydrogen (secondary N) is 2. The number of halogens is 2. The molecule has 0 saturated carbocycles. The van der Waals surface area contributed by atoms with Gasteiger partial charge < -0.3 is 5.32 Å². The first-order chi connectivity index (χ1) is 16.5. The Bertz CT molecular complexity index is 1360. The number of benzene rings is 2. The molecule has 0 unspecified atom stereocenters. The van der Waals surface area contributed by atoms with Crippen molar-refractivity contribution in [3.05, 3.63) is 77.2 Å². The number of hydrogen-bond donors (Lipinski definition) is 2. The van der Waals surface area contributed by atoms with Crippen molar-refractivity contribution in [2.24, 2.45) is 0 Å². The summed E-state index contributed by atoms with van der Waals surface area (Å²) < 4.78 is 29.4. The fraction of sp³-hybridized carbons (Fsp3) is 0.269. The van der Waals surface area contributed by atoms with Crippen LogP contribution in [0.25, 0.3) is 22.0 Å². The summed E-state index contributed by atoms with van der Waals surface area (Å²) in [4.78, 5) is 19.3. The monoisotopic (exact) mass is 461 g/mol. The lowest BCUT2D eigenvalue weighted by Crippen LogP contribution is -2.29. The number of aromatic nitrogens is 3. The predicted octanol–water partition coefficient (Wildman–Crippen LogP) is 5.45. The van der Waals surface area contributed by atoms with Crippen molar-refractivity contribution in [2.75, 3.05) is 18.4 Å². The third-order valence-corrected chi connectivity index (χ3v) is 6.19. The van der Waals surface area contributed by atoms with E-state index in [0.717, 1.165) is 37.2 Å². The van der Waals surface area contributed by atoms with E-state index in [1.165, 1.54) is 12.5 Å². The first-order valence-electron chi connectivity index (χ1n) is 11.4. The summed E-state index contributed by atoms with van der Waals surface area (Å²) in [7, 11) is 0. The molecule has 1 fully saturated rings. The largest absolute Gasteiger partial charge is 0.320 e. The fourth-order valence-electron chi connectivity index (χ4n) is 4.49. The Morgan fingerprint density at radius 2 is 1.91 bits per heavy atom. The Kier molecular flexibility index (Phi) is 6.06. The summed E-state index contributed by atoms with van der Waals surface area (Å²) in [5.41, 5.74) is 3.57. The molecule has 4 aromatic rings. The van der Waals surface area contributed by atoms with Crippen LogP contribution in [0.5, 0.6) is 0 Å². The molecular weight excluding hydrogens is 436 g/mol. The van der Waals surface area contributed by atoms with Crippen LogP contribution >= 0.6 is 0 Å². The Labute approximate surface area is 196 Å². The molecule has 2 aromatic carbocycles. The maximum atomic E-state index is 14.9. The van der Waals surface area contributed by atoms with Crippen LogP contribution in [0.1, 0.15) is 41.0 Å². The van der Waals surface area contributed by atoms with Gasteiger partial charge in [-0.05, 0) is 80.4 Å². The van der Waals surface area contributed by atoms with Gasteiger partial charge in [0.1, 0.15) is 0 Å². The Balaban J connectivity index is 1.47. The van der Waals surface area contributed by atoms with E-state index in [2.05, 4.69) is 25.4 Å². The van der Waals surface area contributed by atoms with Gasteiger partial charge in [0.15, 0.2) is 17.3 Å². The zero-order valence-electron chi connectivity index (χ0n) is 18.9. The lowest BCUT2D eigenvalue weighted by molar-refractivity contribution is 0.102. The second-order valence-electron chi connectivity index (χ2n) is 8.75. The van der Waals surface area contributed by atoms with Crippen molar-refractivity contribution in [1.82, 2.24) is 20.1 Å².